The summed E-state index contributed by atoms with van der Waals surface area (Å²) in [6.45, 7) is 5.87. The molecule has 17 heavy (non-hydrogen) atoms. The topological polar surface area (TPSA) is 68.5 Å². The van der Waals surface area contributed by atoms with E-state index in [0.717, 1.165) is 31.0 Å². The van der Waals surface area contributed by atoms with Crippen molar-refractivity contribution in [3.63, 3.8) is 0 Å². The lowest BCUT2D eigenvalue weighted by Gasteiger charge is -2.14. The van der Waals surface area contributed by atoms with Crippen LogP contribution < -0.4 is 5.32 Å². The highest BCUT2D eigenvalue weighted by Gasteiger charge is 2.16. The third-order valence-electron chi connectivity index (χ3n) is 2.57. The zero-order valence-electron chi connectivity index (χ0n) is 10.00. The maximum Gasteiger partial charge on any atom is 0.138 e. The SMILES string of the molecule is CCNC(Cc1ncnn1CC)c1csnn1. The second-order valence-corrected chi connectivity index (χ2v) is 4.25. The van der Waals surface area contributed by atoms with Crippen LogP contribution in [0, 0.1) is 0 Å². The summed E-state index contributed by atoms with van der Waals surface area (Å²) in [5.74, 6) is 0.978. The summed E-state index contributed by atoms with van der Waals surface area (Å²) in [5.41, 5.74) is 0.975. The number of nitrogens with one attached hydrogen (secondary N) is 1. The summed E-state index contributed by atoms with van der Waals surface area (Å²) in [4.78, 5) is 4.29. The minimum Gasteiger partial charge on any atom is -0.308 e. The van der Waals surface area contributed by atoms with E-state index >= 15 is 0 Å². The summed E-state index contributed by atoms with van der Waals surface area (Å²) in [6.07, 6.45) is 2.38. The van der Waals surface area contributed by atoms with Crippen LogP contribution in [0.2, 0.25) is 0 Å². The van der Waals surface area contributed by atoms with E-state index in [4.69, 9.17) is 0 Å². The molecule has 92 valence electrons. The molecule has 0 spiro atoms. The second kappa shape index (κ2) is 5.83. The van der Waals surface area contributed by atoms with Crippen molar-refractivity contribution in [2.75, 3.05) is 6.54 Å². The fourth-order valence-electron chi connectivity index (χ4n) is 1.74. The molecule has 0 radical (unpaired) electrons. The highest BCUT2D eigenvalue weighted by Crippen LogP contribution is 2.15. The van der Waals surface area contributed by atoms with Crippen molar-refractivity contribution >= 4 is 11.5 Å². The molecular formula is C10H16N6S. The largest absolute Gasteiger partial charge is 0.308 e. The van der Waals surface area contributed by atoms with Gasteiger partial charge in [0.05, 0.1) is 11.7 Å². The molecule has 0 aliphatic rings. The van der Waals surface area contributed by atoms with E-state index in [0.29, 0.717) is 0 Å². The Morgan fingerprint density at radius 1 is 1.47 bits per heavy atom. The Balaban J connectivity index is 2.13. The highest BCUT2D eigenvalue weighted by molar-refractivity contribution is 7.03. The van der Waals surface area contributed by atoms with E-state index in [1.54, 1.807) is 6.33 Å². The van der Waals surface area contributed by atoms with Gasteiger partial charge in [-0.25, -0.2) is 4.98 Å². The van der Waals surface area contributed by atoms with Crippen LogP contribution in [0.3, 0.4) is 0 Å². The molecule has 2 rings (SSSR count). The maximum atomic E-state index is 4.29. The van der Waals surface area contributed by atoms with Gasteiger partial charge in [-0.2, -0.15) is 5.10 Å². The number of rotatable bonds is 6. The van der Waals surface area contributed by atoms with Gasteiger partial charge in [0.25, 0.3) is 0 Å². The van der Waals surface area contributed by atoms with Crippen molar-refractivity contribution in [2.45, 2.75) is 32.9 Å². The van der Waals surface area contributed by atoms with Gasteiger partial charge in [0.2, 0.25) is 0 Å². The smallest absolute Gasteiger partial charge is 0.138 e. The van der Waals surface area contributed by atoms with Crippen LogP contribution in [-0.2, 0) is 13.0 Å². The van der Waals surface area contributed by atoms with Gasteiger partial charge in [-0.1, -0.05) is 11.4 Å². The molecule has 0 bridgehead atoms. The molecule has 7 heteroatoms. The fourth-order valence-corrected chi connectivity index (χ4v) is 2.25. The molecule has 6 nitrogen and oxygen atoms in total. The molecule has 0 fully saturated rings. The summed E-state index contributed by atoms with van der Waals surface area (Å²) >= 11 is 1.37. The summed E-state index contributed by atoms with van der Waals surface area (Å²) in [5, 5.41) is 13.7. The maximum absolute atomic E-state index is 4.29. The zero-order chi connectivity index (χ0) is 12.1. The molecule has 1 N–H and O–H groups in total. The van der Waals surface area contributed by atoms with E-state index in [2.05, 4.69) is 38.8 Å². The first-order valence-corrected chi connectivity index (χ1v) is 6.55. The van der Waals surface area contributed by atoms with Gasteiger partial charge in [-0.05, 0) is 25.0 Å². The number of aryl methyl sites for hydroxylation is 1. The minimum absolute atomic E-state index is 0.160. The Morgan fingerprint density at radius 2 is 2.35 bits per heavy atom. The average Bonchev–Trinajstić information content (AvgIpc) is 2.99. The quantitative estimate of drug-likeness (QED) is 0.832. The van der Waals surface area contributed by atoms with Gasteiger partial charge in [0.1, 0.15) is 12.2 Å². The zero-order valence-corrected chi connectivity index (χ0v) is 10.8. The van der Waals surface area contributed by atoms with Crippen molar-refractivity contribution in [1.29, 1.82) is 0 Å². The molecule has 0 amide bonds. The third kappa shape index (κ3) is 2.86. The number of nitrogens with zero attached hydrogens (tertiary/aromatic N) is 5. The molecule has 0 aliphatic heterocycles. The third-order valence-corrected chi connectivity index (χ3v) is 3.09. The minimum atomic E-state index is 0.160. The van der Waals surface area contributed by atoms with Crippen LogP contribution >= 0.6 is 11.5 Å². The molecule has 1 atom stereocenters. The monoisotopic (exact) mass is 252 g/mol. The average molecular weight is 252 g/mol. The molecule has 2 heterocycles. The van der Waals surface area contributed by atoms with Gasteiger partial charge < -0.3 is 5.32 Å². The number of hydrogen-bond acceptors (Lipinski definition) is 6. The molecule has 0 aromatic carbocycles. The van der Waals surface area contributed by atoms with Crippen molar-refractivity contribution in [3.05, 3.63) is 23.2 Å². The van der Waals surface area contributed by atoms with Crippen LogP contribution in [0.15, 0.2) is 11.7 Å². The lowest BCUT2D eigenvalue weighted by Crippen LogP contribution is -2.24. The Bertz CT molecular complexity index is 437. The van der Waals surface area contributed by atoms with Crippen LogP contribution in [0.1, 0.15) is 31.4 Å². The Hall–Kier alpha value is -1.34. The van der Waals surface area contributed by atoms with Gasteiger partial charge in [-0.3, -0.25) is 4.68 Å². The van der Waals surface area contributed by atoms with Crippen molar-refractivity contribution in [3.8, 4) is 0 Å². The van der Waals surface area contributed by atoms with Crippen LogP contribution in [0.25, 0.3) is 0 Å². The normalized spacial score (nSPS) is 12.8. The van der Waals surface area contributed by atoms with Crippen molar-refractivity contribution < 1.29 is 0 Å². The van der Waals surface area contributed by atoms with Gasteiger partial charge in [-0.15, -0.1) is 5.10 Å². The first-order valence-electron chi connectivity index (χ1n) is 5.72. The van der Waals surface area contributed by atoms with Gasteiger partial charge in [0.15, 0.2) is 0 Å². The predicted molar refractivity (Wildman–Crippen MR) is 65.7 cm³/mol. The summed E-state index contributed by atoms with van der Waals surface area (Å²) in [6, 6.07) is 0.160. The lowest BCUT2D eigenvalue weighted by atomic mass is 10.1. The van der Waals surface area contributed by atoms with E-state index in [1.807, 2.05) is 10.1 Å². The Labute approximate surface area is 104 Å². The Kier molecular flexibility index (Phi) is 4.16. The molecular weight excluding hydrogens is 236 g/mol. The van der Waals surface area contributed by atoms with Crippen LogP contribution in [-0.4, -0.2) is 30.9 Å². The number of likely N-dealkylation sites (N-methyl/N-ethyl adjacent to an activating group) is 1. The summed E-state index contributed by atoms with van der Waals surface area (Å²) in [7, 11) is 0. The molecule has 0 aliphatic carbocycles. The first kappa shape index (κ1) is 12.1. The number of hydrogen-bond donors (Lipinski definition) is 1. The van der Waals surface area contributed by atoms with Gasteiger partial charge in [0, 0.05) is 18.3 Å². The molecule has 0 saturated heterocycles. The predicted octanol–water partition coefficient (Wildman–Crippen LogP) is 1.04. The highest BCUT2D eigenvalue weighted by atomic mass is 32.1. The van der Waals surface area contributed by atoms with Crippen molar-refractivity contribution in [1.82, 2.24) is 29.7 Å². The van der Waals surface area contributed by atoms with Crippen LogP contribution in [0.4, 0.5) is 0 Å². The molecule has 0 saturated carbocycles. The molecule has 2 aromatic rings. The Morgan fingerprint density at radius 3 is 3.00 bits per heavy atom. The van der Waals surface area contributed by atoms with E-state index in [1.165, 1.54) is 11.5 Å². The standard InChI is InChI=1S/C10H16N6S/c1-3-11-8(9-6-17-15-14-9)5-10-12-7-13-16(10)4-2/h6-8,11H,3-5H2,1-2H3. The second-order valence-electron chi connectivity index (χ2n) is 3.64. The molecule has 2 aromatic heterocycles. The molecule has 1 unspecified atom stereocenters. The number of aromatic nitrogens is 5. The first-order chi connectivity index (χ1) is 8.35. The van der Waals surface area contributed by atoms with Crippen molar-refractivity contribution in [2.24, 2.45) is 0 Å². The fraction of sp³-hybridized carbons (Fsp3) is 0.600. The van der Waals surface area contributed by atoms with E-state index in [-0.39, 0.29) is 6.04 Å². The van der Waals surface area contributed by atoms with E-state index in [9.17, 15) is 0 Å². The lowest BCUT2D eigenvalue weighted by molar-refractivity contribution is 0.499. The van der Waals surface area contributed by atoms with Gasteiger partial charge >= 0.3 is 0 Å². The summed E-state index contributed by atoms with van der Waals surface area (Å²) < 4.78 is 5.81. The van der Waals surface area contributed by atoms with E-state index < -0.39 is 0 Å². The van der Waals surface area contributed by atoms with Crippen LogP contribution in [0.5, 0.6) is 0 Å².